The minimum Gasteiger partial charge on any atom is -0.354 e. The third-order valence-corrected chi connectivity index (χ3v) is 5.90. The van der Waals surface area contributed by atoms with Gasteiger partial charge in [-0.05, 0) is 37.2 Å². The number of anilines is 1. The molecule has 0 radical (unpaired) electrons. The molecule has 1 unspecified atom stereocenters. The van der Waals surface area contributed by atoms with Gasteiger partial charge in [-0.15, -0.1) is 0 Å². The fourth-order valence-electron chi connectivity index (χ4n) is 3.28. The first-order chi connectivity index (χ1) is 11.4. The topological polar surface area (TPSA) is 57.7 Å². The summed E-state index contributed by atoms with van der Waals surface area (Å²) in [6.45, 7) is 7.95. The minimum absolute atomic E-state index is 0.113. The van der Waals surface area contributed by atoms with Crippen LogP contribution in [0.15, 0.2) is 0 Å². The van der Waals surface area contributed by atoms with Gasteiger partial charge in [-0.1, -0.05) is 37.0 Å². The van der Waals surface area contributed by atoms with Crippen LogP contribution in [0, 0.1) is 24.2 Å². The molecule has 2 aromatic rings. The first-order valence-corrected chi connectivity index (χ1v) is 9.51. The summed E-state index contributed by atoms with van der Waals surface area (Å²) in [5.74, 6) is 0.472. The molecule has 0 bridgehead atoms. The van der Waals surface area contributed by atoms with Crippen molar-refractivity contribution in [3.63, 3.8) is 0 Å². The summed E-state index contributed by atoms with van der Waals surface area (Å²) in [6.07, 6.45) is 2.02. The molecule has 1 aliphatic heterocycles. The molecule has 2 aromatic heterocycles. The van der Waals surface area contributed by atoms with Crippen molar-refractivity contribution in [2.24, 2.45) is 5.92 Å². The van der Waals surface area contributed by atoms with Gasteiger partial charge >= 0.3 is 0 Å². The highest BCUT2D eigenvalue weighted by Crippen LogP contribution is 2.44. The molecule has 24 heavy (non-hydrogen) atoms. The Bertz CT molecular complexity index is 789. The number of rotatable bonds is 4. The van der Waals surface area contributed by atoms with E-state index in [9.17, 15) is 5.26 Å². The molecule has 8 heteroatoms. The Balaban J connectivity index is 2.00. The zero-order valence-electron chi connectivity index (χ0n) is 13.9. The highest BCUT2D eigenvalue weighted by Gasteiger charge is 2.34. The summed E-state index contributed by atoms with van der Waals surface area (Å²) in [5.41, 5.74) is 2.46. The Morgan fingerprint density at radius 2 is 2.17 bits per heavy atom. The van der Waals surface area contributed by atoms with E-state index in [1.165, 1.54) is 11.5 Å². The van der Waals surface area contributed by atoms with E-state index in [-0.39, 0.29) is 11.2 Å². The normalized spacial score (nSPS) is 17.7. The Morgan fingerprint density at radius 3 is 2.83 bits per heavy atom. The molecule has 0 aliphatic carbocycles. The van der Waals surface area contributed by atoms with Crippen molar-refractivity contribution in [1.29, 1.82) is 5.26 Å². The largest absolute Gasteiger partial charge is 0.354 e. The van der Waals surface area contributed by atoms with Crippen LogP contribution in [0.1, 0.15) is 49.6 Å². The maximum atomic E-state index is 9.38. The molecule has 3 rings (SSSR count). The van der Waals surface area contributed by atoms with Gasteiger partial charge in [0.2, 0.25) is 0 Å². The van der Waals surface area contributed by atoms with Gasteiger partial charge in [-0.3, -0.25) is 4.68 Å². The van der Waals surface area contributed by atoms with Gasteiger partial charge in [0.15, 0.2) is 5.15 Å². The second-order valence-corrected chi connectivity index (χ2v) is 7.95. The molecule has 128 valence electrons. The van der Waals surface area contributed by atoms with Crippen molar-refractivity contribution >= 4 is 39.7 Å². The molecule has 1 aliphatic rings. The van der Waals surface area contributed by atoms with Crippen molar-refractivity contribution in [1.82, 2.24) is 14.2 Å². The molecule has 0 saturated carbocycles. The molecule has 3 heterocycles. The number of nitrogens with zero attached hydrogens (tertiary/aromatic N) is 5. The lowest BCUT2D eigenvalue weighted by atomic mass is 10.1. The predicted molar refractivity (Wildman–Crippen MR) is 98.0 cm³/mol. The second-order valence-electron chi connectivity index (χ2n) is 6.48. The van der Waals surface area contributed by atoms with Crippen LogP contribution in [0.3, 0.4) is 0 Å². The first kappa shape index (κ1) is 17.5. The number of hydrogen-bond donors (Lipinski definition) is 0. The molecule has 0 aromatic carbocycles. The van der Waals surface area contributed by atoms with Crippen molar-refractivity contribution in [3.05, 3.63) is 27.1 Å². The molecular weight excluding hydrogens is 365 g/mol. The summed E-state index contributed by atoms with van der Waals surface area (Å²) in [5, 5.41) is 15.8. The Labute approximate surface area is 155 Å². The zero-order valence-corrected chi connectivity index (χ0v) is 16.2. The number of nitriles is 1. The summed E-state index contributed by atoms with van der Waals surface area (Å²) < 4.78 is 6.03. The third kappa shape index (κ3) is 3.01. The van der Waals surface area contributed by atoms with Gasteiger partial charge < -0.3 is 4.90 Å². The molecule has 0 spiro atoms. The van der Waals surface area contributed by atoms with Crippen molar-refractivity contribution in [2.45, 2.75) is 46.2 Å². The molecule has 1 fully saturated rings. The van der Waals surface area contributed by atoms with Gasteiger partial charge in [0.1, 0.15) is 21.8 Å². The fourth-order valence-corrected chi connectivity index (χ4v) is 4.75. The number of halogens is 2. The van der Waals surface area contributed by atoms with Crippen molar-refractivity contribution in [3.8, 4) is 6.07 Å². The SMILES string of the molecule is Cc1nn(CC(C)C)c(Cl)c1C1CCCN1c1snc(Cl)c1C#N. The Morgan fingerprint density at radius 1 is 1.42 bits per heavy atom. The summed E-state index contributed by atoms with van der Waals surface area (Å²) in [6, 6.07) is 2.29. The first-order valence-electron chi connectivity index (χ1n) is 7.98. The van der Waals surface area contributed by atoms with E-state index in [0.29, 0.717) is 16.6 Å². The lowest BCUT2D eigenvalue weighted by Crippen LogP contribution is -2.23. The average molecular weight is 384 g/mol. The predicted octanol–water partition coefficient (Wildman–Crippen LogP) is 4.82. The monoisotopic (exact) mass is 383 g/mol. The standard InChI is InChI=1S/C16H19Cl2N5S/c1-9(2)8-23-15(18)13(10(3)20-23)12-5-4-6-22(12)16-11(7-19)14(17)21-24-16/h9,12H,4-6,8H2,1-3H3. The van der Waals surface area contributed by atoms with Crippen molar-refractivity contribution in [2.75, 3.05) is 11.4 Å². The minimum atomic E-state index is 0.113. The molecule has 5 nitrogen and oxygen atoms in total. The molecular formula is C16H19Cl2N5S. The van der Waals surface area contributed by atoms with Crippen molar-refractivity contribution < 1.29 is 0 Å². The lowest BCUT2D eigenvalue weighted by molar-refractivity contribution is 0.481. The summed E-state index contributed by atoms with van der Waals surface area (Å²) in [4.78, 5) is 2.21. The maximum absolute atomic E-state index is 9.38. The second kappa shape index (κ2) is 6.91. The van der Waals surface area contributed by atoms with E-state index in [2.05, 4.69) is 34.3 Å². The number of aromatic nitrogens is 3. The van der Waals surface area contributed by atoms with Crippen LogP contribution in [0.25, 0.3) is 0 Å². The third-order valence-electron chi connectivity index (χ3n) is 4.24. The molecule has 1 saturated heterocycles. The van der Waals surface area contributed by atoms with E-state index in [4.69, 9.17) is 23.2 Å². The molecule has 0 N–H and O–H groups in total. The van der Waals surface area contributed by atoms with Crippen LogP contribution >= 0.6 is 34.7 Å². The zero-order chi connectivity index (χ0) is 17.4. The highest BCUT2D eigenvalue weighted by molar-refractivity contribution is 7.10. The fraction of sp³-hybridized carbons (Fsp3) is 0.562. The average Bonchev–Trinajstić information content (AvgIpc) is 3.18. The van der Waals surface area contributed by atoms with Crippen LogP contribution in [-0.2, 0) is 6.54 Å². The summed E-state index contributed by atoms with van der Waals surface area (Å²) >= 11 is 14.0. The van der Waals surface area contributed by atoms with Gasteiger partial charge in [-0.25, -0.2) is 0 Å². The van der Waals surface area contributed by atoms with E-state index < -0.39 is 0 Å². The van der Waals surface area contributed by atoms with Crippen LogP contribution < -0.4 is 4.90 Å². The molecule has 0 amide bonds. The van der Waals surface area contributed by atoms with Gasteiger partial charge in [-0.2, -0.15) is 14.7 Å². The Kier molecular flexibility index (Phi) is 5.05. The lowest BCUT2D eigenvalue weighted by Gasteiger charge is -2.25. The quantitative estimate of drug-likeness (QED) is 0.758. The van der Waals surface area contributed by atoms with Gasteiger partial charge in [0.25, 0.3) is 0 Å². The van der Waals surface area contributed by atoms with Gasteiger partial charge in [0, 0.05) is 18.7 Å². The van der Waals surface area contributed by atoms with E-state index in [0.717, 1.165) is 42.2 Å². The highest BCUT2D eigenvalue weighted by atomic mass is 35.5. The van der Waals surface area contributed by atoms with E-state index >= 15 is 0 Å². The Hall–Kier alpha value is -1.29. The number of aryl methyl sites for hydroxylation is 1. The summed E-state index contributed by atoms with van der Waals surface area (Å²) in [7, 11) is 0. The van der Waals surface area contributed by atoms with E-state index in [1.54, 1.807) is 0 Å². The van der Waals surface area contributed by atoms with Gasteiger partial charge in [0.05, 0.1) is 11.7 Å². The van der Waals surface area contributed by atoms with E-state index in [1.807, 2.05) is 11.6 Å². The van der Waals surface area contributed by atoms with Crippen LogP contribution in [-0.4, -0.2) is 20.7 Å². The van der Waals surface area contributed by atoms with Crippen LogP contribution in [0.2, 0.25) is 10.3 Å². The van der Waals surface area contributed by atoms with Crippen LogP contribution in [0.4, 0.5) is 5.00 Å². The molecule has 1 atom stereocenters. The number of hydrogen-bond acceptors (Lipinski definition) is 5. The van der Waals surface area contributed by atoms with Crippen LogP contribution in [0.5, 0.6) is 0 Å². The smallest absolute Gasteiger partial charge is 0.162 e. The maximum Gasteiger partial charge on any atom is 0.162 e.